The Morgan fingerprint density at radius 3 is 2.50 bits per heavy atom. The summed E-state index contributed by atoms with van der Waals surface area (Å²) >= 11 is 0. The fraction of sp³-hybridized carbons (Fsp3) is 0.900. The molecule has 1 atom stereocenters. The van der Waals surface area contributed by atoms with Crippen molar-refractivity contribution in [3.63, 3.8) is 0 Å². The molecule has 0 bridgehead atoms. The lowest BCUT2D eigenvalue weighted by molar-refractivity contribution is 0.0414. The normalized spacial score (nSPS) is 18.9. The lowest BCUT2D eigenvalue weighted by Crippen LogP contribution is -2.43. The molecule has 1 amide bonds. The second-order valence-electron chi connectivity index (χ2n) is 4.84. The minimum absolute atomic E-state index is 0.0811. The molecule has 14 heavy (non-hydrogen) atoms. The average molecular weight is 201 g/mol. The monoisotopic (exact) mass is 201 g/mol. The molecule has 0 saturated heterocycles. The van der Waals surface area contributed by atoms with Gasteiger partial charge in [-0.15, -0.1) is 0 Å². The molecule has 0 aromatic heterocycles. The van der Waals surface area contributed by atoms with E-state index in [1.54, 1.807) is 0 Å². The topological polar surface area (TPSA) is 58.6 Å². The Morgan fingerprint density at radius 2 is 2.14 bits per heavy atom. The van der Waals surface area contributed by atoms with Crippen molar-refractivity contribution in [1.29, 1.82) is 0 Å². The van der Waals surface area contributed by atoms with Gasteiger partial charge in [-0.05, 0) is 39.5 Å². The van der Waals surface area contributed by atoms with Crippen LogP contribution in [0.4, 0.5) is 4.79 Å². The highest BCUT2D eigenvalue weighted by molar-refractivity contribution is 5.68. The summed E-state index contributed by atoms with van der Waals surface area (Å²) < 4.78 is 5.10. The Bertz CT molecular complexity index is 206. The molecule has 0 heterocycles. The number of amides is 1. The van der Waals surface area contributed by atoms with Gasteiger partial charge in [-0.3, -0.25) is 0 Å². The molecule has 1 rings (SSSR count). The standard InChI is InChI=1S/C10H19NO3/c1-10(2,3)11-9(13)14-8(6-12)7-4-5-7/h7-8,12H,4-6H2,1-3H3,(H,11,13)/t8-/m0/s1. The van der Waals surface area contributed by atoms with Gasteiger partial charge in [0.1, 0.15) is 6.10 Å². The molecule has 82 valence electrons. The van der Waals surface area contributed by atoms with Crippen LogP contribution < -0.4 is 5.32 Å². The van der Waals surface area contributed by atoms with Gasteiger partial charge in [-0.25, -0.2) is 4.79 Å². The van der Waals surface area contributed by atoms with Crippen LogP contribution in [-0.2, 0) is 4.74 Å². The van der Waals surface area contributed by atoms with E-state index in [1.165, 1.54) is 0 Å². The summed E-state index contributed by atoms with van der Waals surface area (Å²) in [5.74, 6) is 0.366. The lowest BCUT2D eigenvalue weighted by atomic mass is 10.1. The lowest BCUT2D eigenvalue weighted by Gasteiger charge is -2.22. The van der Waals surface area contributed by atoms with Crippen LogP contribution in [0.3, 0.4) is 0 Å². The molecule has 1 saturated carbocycles. The molecule has 4 heteroatoms. The van der Waals surface area contributed by atoms with E-state index in [0.717, 1.165) is 12.8 Å². The van der Waals surface area contributed by atoms with Gasteiger partial charge < -0.3 is 15.2 Å². The van der Waals surface area contributed by atoms with Crippen LogP contribution in [0.15, 0.2) is 0 Å². The van der Waals surface area contributed by atoms with Crippen molar-refractivity contribution < 1.29 is 14.6 Å². The number of aliphatic hydroxyl groups excluding tert-OH is 1. The highest BCUT2D eigenvalue weighted by Crippen LogP contribution is 2.34. The Kier molecular flexibility index (Phi) is 3.37. The fourth-order valence-electron chi connectivity index (χ4n) is 1.22. The molecule has 0 aliphatic heterocycles. The van der Waals surface area contributed by atoms with E-state index in [2.05, 4.69) is 5.32 Å². The van der Waals surface area contributed by atoms with Crippen molar-refractivity contribution in [1.82, 2.24) is 5.32 Å². The van der Waals surface area contributed by atoms with Crippen LogP contribution in [0, 0.1) is 5.92 Å². The minimum Gasteiger partial charge on any atom is -0.443 e. The third-order valence-electron chi connectivity index (χ3n) is 2.06. The van der Waals surface area contributed by atoms with Crippen LogP contribution >= 0.6 is 0 Å². The summed E-state index contributed by atoms with van der Waals surface area (Å²) in [4.78, 5) is 11.3. The zero-order valence-electron chi connectivity index (χ0n) is 9.04. The quantitative estimate of drug-likeness (QED) is 0.723. The van der Waals surface area contributed by atoms with Crippen LogP contribution in [0.1, 0.15) is 33.6 Å². The van der Waals surface area contributed by atoms with Gasteiger partial charge in [0, 0.05) is 5.54 Å². The van der Waals surface area contributed by atoms with E-state index < -0.39 is 6.09 Å². The molecular weight excluding hydrogens is 182 g/mol. The van der Waals surface area contributed by atoms with Crippen molar-refractivity contribution >= 4 is 6.09 Å². The average Bonchev–Trinajstić information content (AvgIpc) is 2.78. The summed E-state index contributed by atoms with van der Waals surface area (Å²) in [6.07, 6.45) is 1.34. The van der Waals surface area contributed by atoms with E-state index in [1.807, 2.05) is 20.8 Å². The number of carbonyl (C=O) groups is 1. The molecule has 1 aliphatic carbocycles. The predicted molar refractivity (Wildman–Crippen MR) is 53.0 cm³/mol. The zero-order valence-corrected chi connectivity index (χ0v) is 9.04. The summed E-state index contributed by atoms with van der Waals surface area (Å²) in [5.41, 5.74) is -0.291. The Labute approximate surface area is 84.6 Å². The molecule has 0 aromatic carbocycles. The molecule has 1 aliphatic rings. The van der Waals surface area contributed by atoms with Crippen LogP contribution in [0.25, 0.3) is 0 Å². The number of rotatable bonds is 3. The largest absolute Gasteiger partial charge is 0.443 e. The van der Waals surface area contributed by atoms with E-state index in [4.69, 9.17) is 9.84 Å². The Balaban J connectivity index is 2.31. The number of ether oxygens (including phenoxy) is 1. The molecule has 0 spiro atoms. The van der Waals surface area contributed by atoms with Gasteiger partial charge in [0.25, 0.3) is 0 Å². The SMILES string of the molecule is CC(C)(C)NC(=O)O[C@@H](CO)C1CC1. The molecular formula is C10H19NO3. The van der Waals surface area contributed by atoms with Crippen molar-refractivity contribution in [3.8, 4) is 0 Å². The van der Waals surface area contributed by atoms with Gasteiger partial charge in [-0.1, -0.05) is 0 Å². The number of hydrogen-bond acceptors (Lipinski definition) is 3. The van der Waals surface area contributed by atoms with Gasteiger partial charge in [0.2, 0.25) is 0 Å². The van der Waals surface area contributed by atoms with Crippen molar-refractivity contribution in [2.75, 3.05) is 6.61 Å². The number of aliphatic hydroxyl groups is 1. The molecule has 0 unspecified atom stereocenters. The van der Waals surface area contributed by atoms with E-state index >= 15 is 0 Å². The Morgan fingerprint density at radius 1 is 1.57 bits per heavy atom. The third-order valence-corrected chi connectivity index (χ3v) is 2.06. The maximum atomic E-state index is 11.3. The first-order valence-electron chi connectivity index (χ1n) is 5.02. The summed E-state index contributed by atoms with van der Waals surface area (Å²) in [5, 5.41) is 11.7. The first-order chi connectivity index (χ1) is 6.42. The first-order valence-corrected chi connectivity index (χ1v) is 5.02. The zero-order chi connectivity index (χ0) is 10.8. The van der Waals surface area contributed by atoms with E-state index in [0.29, 0.717) is 5.92 Å². The molecule has 2 N–H and O–H groups in total. The molecule has 0 aromatic rings. The number of carbonyl (C=O) groups excluding carboxylic acids is 1. The maximum Gasteiger partial charge on any atom is 0.407 e. The second kappa shape index (κ2) is 4.17. The van der Waals surface area contributed by atoms with Crippen molar-refractivity contribution in [2.24, 2.45) is 5.92 Å². The van der Waals surface area contributed by atoms with Crippen LogP contribution in [0.5, 0.6) is 0 Å². The summed E-state index contributed by atoms with van der Waals surface area (Å²) in [7, 11) is 0. The minimum atomic E-state index is -0.441. The van der Waals surface area contributed by atoms with Crippen molar-refractivity contribution in [2.45, 2.75) is 45.3 Å². The summed E-state index contributed by atoms with van der Waals surface area (Å²) in [6.45, 7) is 5.58. The Hall–Kier alpha value is -0.770. The van der Waals surface area contributed by atoms with E-state index in [-0.39, 0.29) is 18.2 Å². The van der Waals surface area contributed by atoms with Crippen LogP contribution in [0.2, 0.25) is 0 Å². The molecule has 4 nitrogen and oxygen atoms in total. The number of hydrogen-bond donors (Lipinski definition) is 2. The summed E-state index contributed by atoms with van der Waals surface area (Å²) in [6, 6.07) is 0. The predicted octanol–water partition coefficient (Wildman–Crippen LogP) is 1.28. The first kappa shape index (κ1) is 11.3. The molecule has 0 radical (unpaired) electrons. The van der Waals surface area contributed by atoms with Gasteiger partial charge in [-0.2, -0.15) is 0 Å². The van der Waals surface area contributed by atoms with E-state index in [9.17, 15) is 4.79 Å². The van der Waals surface area contributed by atoms with Crippen molar-refractivity contribution in [3.05, 3.63) is 0 Å². The van der Waals surface area contributed by atoms with Crippen LogP contribution in [-0.4, -0.2) is 29.4 Å². The second-order valence-corrected chi connectivity index (χ2v) is 4.84. The van der Waals surface area contributed by atoms with Gasteiger partial charge >= 0.3 is 6.09 Å². The smallest absolute Gasteiger partial charge is 0.407 e. The number of alkyl carbamates (subject to hydrolysis) is 1. The third kappa shape index (κ3) is 3.96. The maximum absolute atomic E-state index is 11.3. The highest BCUT2D eigenvalue weighted by atomic mass is 16.6. The van der Waals surface area contributed by atoms with Gasteiger partial charge in [0.05, 0.1) is 6.61 Å². The number of nitrogens with one attached hydrogen (secondary N) is 1. The van der Waals surface area contributed by atoms with Gasteiger partial charge in [0.15, 0.2) is 0 Å². The highest BCUT2D eigenvalue weighted by Gasteiger charge is 2.34. The molecule has 1 fully saturated rings. The fourth-order valence-corrected chi connectivity index (χ4v) is 1.22.